The number of carbonyl (C=O) groups is 3. The van der Waals surface area contributed by atoms with Gasteiger partial charge in [-0.3, -0.25) is 14.4 Å². The first kappa shape index (κ1) is 18.0. The minimum absolute atomic E-state index is 0.0355. The van der Waals surface area contributed by atoms with E-state index in [2.05, 4.69) is 16.0 Å². The maximum atomic E-state index is 12.1. The maximum Gasteiger partial charge on any atom is 0.251 e. The van der Waals surface area contributed by atoms with Gasteiger partial charge in [-0.05, 0) is 37.1 Å². The lowest BCUT2D eigenvalue weighted by atomic mass is 10.1. The standard InChI is InChI=1S/C18H25N3O3/c1-2-16(22)19-11-12-20-17(23)14-7-9-15(10-8-14)21-18(24)13-5-3-4-6-13/h7-10,13H,2-6,11-12H2,1H3,(H,19,22)(H,20,23)(H,21,24). The van der Waals surface area contributed by atoms with Gasteiger partial charge in [0.1, 0.15) is 0 Å². The first-order valence-corrected chi connectivity index (χ1v) is 8.56. The Labute approximate surface area is 142 Å². The largest absolute Gasteiger partial charge is 0.354 e. The Hall–Kier alpha value is -2.37. The molecule has 0 saturated heterocycles. The lowest BCUT2D eigenvalue weighted by molar-refractivity contribution is -0.121. The number of nitrogens with one attached hydrogen (secondary N) is 3. The summed E-state index contributed by atoms with van der Waals surface area (Å²) in [6.07, 6.45) is 4.59. The number of anilines is 1. The van der Waals surface area contributed by atoms with E-state index < -0.39 is 0 Å². The van der Waals surface area contributed by atoms with E-state index in [0.717, 1.165) is 25.7 Å². The molecule has 0 heterocycles. The highest BCUT2D eigenvalue weighted by Gasteiger charge is 2.22. The van der Waals surface area contributed by atoms with E-state index >= 15 is 0 Å². The summed E-state index contributed by atoms with van der Waals surface area (Å²) in [7, 11) is 0. The van der Waals surface area contributed by atoms with E-state index in [9.17, 15) is 14.4 Å². The van der Waals surface area contributed by atoms with Crippen LogP contribution in [-0.2, 0) is 9.59 Å². The highest BCUT2D eigenvalue weighted by Crippen LogP contribution is 2.26. The van der Waals surface area contributed by atoms with Crippen LogP contribution >= 0.6 is 0 Å². The third-order valence-corrected chi connectivity index (χ3v) is 4.19. The predicted molar refractivity (Wildman–Crippen MR) is 92.7 cm³/mol. The second-order valence-corrected chi connectivity index (χ2v) is 6.01. The second-order valence-electron chi connectivity index (χ2n) is 6.01. The number of hydrogen-bond donors (Lipinski definition) is 3. The van der Waals surface area contributed by atoms with Crippen LogP contribution in [-0.4, -0.2) is 30.8 Å². The van der Waals surface area contributed by atoms with Crippen molar-refractivity contribution >= 4 is 23.4 Å². The van der Waals surface area contributed by atoms with Crippen LogP contribution in [0.15, 0.2) is 24.3 Å². The maximum absolute atomic E-state index is 12.1. The van der Waals surface area contributed by atoms with Gasteiger partial charge in [0.15, 0.2) is 0 Å². The smallest absolute Gasteiger partial charge is 0.251 e. The monoisotopic (exact) mass is 331 g/mol. The van der Waals surface area contributed by atoms with Crippen LogP contribution in [0.25, 0.3) is 0 Å². The summed E-state index contributed by atoms with van der Waals surface area (Å²) < 4.78 is 0. The molecule has 3 N–H and O–H groups in total. The summed E-state index contributed by atoms with van der Waals surface area (Å²) in [4.78, 5) is 35.1. The quantitative estimate of drug-likeness (QED) is 0.668. The molecule has 0 radical (unpaired) electrons. The summed E-state index contributed by atoms with van der Waals surface area (Å²) in [6.45, 7) is 2.57. The van der Waals surface area contributed by atoms with Crippen LogP contribution in [0.2, 0.25) is 0 Å². The van der Waals surface area contributed by atoms with E-state index in [0.29, 0.717) is 30.8 Å². The Morgan fingerprint density at radius 2 is 1.62 bits per heavy atom. The summed E-state index contributed by atoms with van der Waals surface area (Å²) in [5.74, 6) is -0.0521. The molecule has 0 spiro atoms. The van der Waals surface area contributed by atoms with Crippen molar-refractivity contribution < 1.29 is 14.4 Å². The minimum Gasteiger partial charge on any atom is -0.354 e. The van der Waals surface area contributed by atoms with E-state index in [4.69, 9.17) is 0 Å². The Morgan fingerprint density at radius 3 is 2.25 bits per heavy atom. The van der Waals surface area contributed by atoms with E-state index in [1.54, 1.807) is 31.2 Å². The van der Waals surface area contributed by atoms with Crippen LogP contribution in [0.1, 0.15) is 49.4 Å². The molecule has 130 valence electrons. The first-order valence-electron chi connectivity index (χ1n) is 8.56. The predicted octanol–water partition coefficient (Wildman–Crippen LogP) is 2.07. The van der Waals surface area contributed by atoms with Crippen molar-refractivity contribution in [2.75, 3.05) is 18.4 Å². The molecule has 1 aromatic carbocycles. The number of benzene rings is 1. The van der Waals surface area contributed by atoms with Crippen molar-refractivity contribution in [3.05, 3.63) is 29.8 Å². The highest BCUT2D eigenvalue weighted by atomic mass is 16.2. The third-order valence-electron chi connectivity index (χ3n) is 4.19. The molecular formula is C18H25N3O3. The van der Waals surface area contributed by atoms with Crippen molar-refractivity contribution in [3.63, 3.8) is 0 Å². The lowest BCUT2D eigenvalue weighted by Gasteiger charge is -2.11. The molecule has 1 aliphatic rings. The fourth-order valence-electron chi connectivity index (χ4n) is 2.74. The van der Waals surface area contributed by atoms with Crippen molar-refractivity contribution in [2.24, 2.45) is 5.92 Å². The van der Waals surface area contributed by atoms with Gasteiger partial charge in [-0.25, -0.2) is 0 Å². The molecule has 1 saturated carbocycles. The van der Waals surface area contributed by atoms with Crippen LogP contribution in [0, 0.1) is 5.92 Å². The van der Waals surface area contributed by atoms with Gasteiger partial charge >= 0.3 is 0 Å². The Balaban J connectivity index is 1.77. The normalized spacial score (nSPS) is 14.2. The SMILES string of the molecule is CCC(=O)NCCNC(=O)c1ccc(NC(=O)C2CCCC2)cc1. The molecule has 0 aromatic heterocycles. The molecule has 0 atom stereocenters. The molecule has 0 unspecified atom stereocenters. The van der Waals surface area contributed by atoms with Gasteiger partial charge < -0.3 is 16.0 Å². The molecule has 3 amide bonds. The second kappa shape index (κ2) is 9.05. The van der Waals surface area contributed by atoms with Crippen molar-refractivity contribution in [1.29, 1.82) is 0 Å². The van der Waals surface area contributed by atoms with Crippen molar-refractivity contribution in [2.45, 2.75) is 39.0 Å². The van der Waals surface area contributed by atoms with Gasteiger partial charge in [-0.15, -0.1) is 0 Å². The Kier molecular flexibility index (Phi) is 6.78. The topological polar surface area (TPSA) is 87.3 Å². The van der Waals surface area contributed by atoms with Gasteiger partial charge in [0.2, 0.25) is 11.8 Å². The number of amides is 3. The summed E-state index contributed by atoms with van der Waals surface area (Å²) in [5.41, 5.74) is 1.23. The summed E-state index contributed by atoms with van der Waals surface area (Å²) >= 11 is 0. The highest BCUT2D eigenvalue weighted by molar-refractivity contribution is 5.96. The summed E-state index contributed by atoms with van der Waals surface area (Å²) in [6, 6.07) is 6.84. The van der Waals surface area contributed by atoms with Gasteiger partial charge in [0.05, 0.1) is 0 Å². The zero-order chi connectivity index (χ0) is 17.4. The average molecular weight is 331 g/mol. The molecule has 0 aliphatic heterocycles. The van der Waals surface area contributed by atoms with Gasteiger partial charge in [-0.2, -0.15) is 0 Å². The molecule has 2 rings (SSSR count). The fraction of sp³-hybridized carbons (Fsp3) is 0.500. The van der Waals surface area contributed by atoms with E-state index in [-0.39, 0.29) is 23.6 Å². The Morgan fingerprint density at radius 1 is 1.00 bits per heavy atom. The molecule has 1 fully saturated rings. The molecule has 1 aliphatic carbocycles. The summed E-state index contributed by atoms with van der Waals surface area (Å²) in [5, 5.41) is 8.34. The van der Waals surface area contributed by atoms with Crippen LogP contribution < -0.4 is 16.0 Å². The number of hydrogen-bond acceptors (Lipinski definition) is 3. The van der Waals surface area contributed by atoms with Gasteiger partial charge in [0, 0.05) is 36.7 Å². The first-order chi connectivity index (χ1) is 11.6. The third kappa shape index (κ3) is 5.37. The lowest BCUT2D eigenvalue weighted by Crippen LogP contribution is -2.34. The fourth-order valence-corrected chi connectivity index (χ4v) is 2.74. The molecule has 6 nitrogen and oxygen atoms in total. The van der Waals surface area contributed by atoms with Crippen molar-refractivity contribution in [1.82, 2.24) is 10.6 Å². The Bertz CT molecular complexity index is 578. The number of rotatable bonds is 7. The zero-order valence-electron chi connectivity index (χ0n) is 14.1. The van der Waals surface area contributed by atoms with E-state index in [1.165, 1.54) is 0 Å². The van der Waals surface area contributed by atoms with Gasteiger partial charge in [-0.1, -0.05) is 19.8 Å². The van der Waals surface area contributed by atoms with E-state index in [1.807, 2.05) is 0 Å². The van der Waals surface area contributed by atoms with Crippen LogP contribution in [0.4, 0.5) is 5.69 Å². The number of carbonyl (C=O) groups excluding carboxylic acids is 3. The molecule has 0 bridgehead atoms. The van der Waals surface area contributed by atoms with Gasteiger partial charge in [0.25, 0.3) is 5.91 Å². The minimum atomic E-state index is -0.200. The van der Waals surface area contributed by atoms with Crippen LogP contribution in [0.3, 0.4) is 0 Å². The molecule has 6 heteroatoms. The van der Waals surface area contributed by atoms with Crippen molar-refractivity contribution in [3.8, 4) is 0 Å². The zero-order valence-corrected chi connectivity index (χ0v) is 14.1. The molecular weight excluding hydrogens is 306 g/mol. The van der Waals surface area contributed by atoms with Crippen LogP contribution in [0.5, 0.6) is 0 Å². The average Bonchev–Trinajstić information content (AvgIpc) is 3.13. The molecule has 24 heavy (non-hydrogen) atoms. The molecule has 1 aromatic rings.